The molecule has 104 valence electrons. The molecule has 0 radical (unpaired) electrons. The maximum absolute atomic E-state index is 12.2. The molecule has 0 saturated heterocycles. The van der Waals surface area contributed by atoms with Crippen LogP contribution in [-0.2, 0) is 11.2 Å². The van der Waals surface area contributed by atoms with Gasteiger partial charge in [0.15, 0.2) is 0 Å². The van der Waals surface area contributed by atoms with E-state index in [0.29, 0.717) is 5.92 Å². The monoisotopic (exact) mass is 278 g/mol. The van der Waals surface area contributed by atoms with Crippen molar-refractivity contribution in [2.75, 3.05) is 30.4 Å². The van der Waals surface area contributed by atoms with E-state index >= 15 is 0 Å². The SMILES string of the molecule is CSCC(C)CNC(=O)C1CNc2ccccc2C1. The van der Waals surface area contributed by atoms with Crippen LogP contribution in [0, 0.1) is 11.8 Å². The summed E-state index contributed by atoms with van der Waals surface area (Å²) in [5.41, 5.74) is 2.41. The molecule has 0 saturated carbocycles. The summed E-state index contributed by atoms with van der Waals surface area (Å²) in [5.74, 6) is 1.85. The lowest BCUT2D eigenvalue weighted by Crippen LogP contribution is -2.40. The van der Waals surface area contributed by atoms with Crippen LogP contribution >= 0.6 is 11.8 Å². The van der Waals surface area contributed by atoms with Crippen molar-refractivity contribution >= 4 is 23.4 Å². The van der Waals surface area contributed by atoms with Crippen molar-refractivity contribution in [1.82, 2.24) is 5.32 Å². The summed E-state index contributed by atoms with van der Waals surface area (Å²) >= 11 is 1.82. The molecule has 0 bridgehead atoms. The first kappa shape index (κ1) is 14.3. The van der Waals surface area contributed by atoms with E-state index in [4.69, 9.17) is 0 Å². The molecule has 0 fully saturated rings. The number of hydrogen-bond donors (Lipinski definition) is 2. The molecular weight excluding hydrogens is 256 g/mol. The average molecular weight is 278 g/mol. The van der Waals surface area contributed by atoms with Gasteiger partial charge in [-0.05, 0) is 36.0 Å². The van der Waals surface area contributed by atoms with Gasteiger partial charge >= 0.3 is 0 Å². The number of rotatable bonds is 5. The van der Waals surface area contributed by atoms with Crippen LogP contribution in [0.3, 0.4) is 0 Å². The van der Waals surface area contributed by atoms with Gasteiger partial charge in [0.05, 0.1) is 5.92 Å². The third-order valence-electron chi connectivity index (χ3n) is 3.47. The summed E-state index contributed by atoms with van der Waals surface area (Å²) in [6, 6.07) is 8.22. The van der Waals surface area contributed by atoms with Crippen LogP contribution in [-0.4, -0.2) is 31.0 Å². The standard InChI is InChI=1S/C15H22N2OS/c1-11(10-19-2)8-17-15(18)13-7-12-5-3-4-6-14(12)16-9-13/h3-6,11,13,16H,7-10H2,1-2H3,(H,17,18). The van der Waals surface area contributed by atoms with Crippen LogP contribution in [0.4, 0.5) is 5.69 Å². The molecule has 1 aromatic rings. The minimum absolute atomic E-state index is 0.0522. The van der Waals surface area contributed by atoms with Gasteiger partial charge in [0.25, 0.3) is 0 Å². The zero-order chi connectivity index (χ0) is 13.7. The van der Waals surface area contributed by atoms with Crippen LogP contribution in [0.1, 0.15) is 12.5 Å². The first-order valence-corrected chi connectivity index (χ1v) is 8.18. The van der Waals surface area contributed by atoms with E-state index in [1.807, 2.05) is 23.9 Å². The second kappa shape index (κ2) is 6.85. The fraction of sp³-hybridized carbons (Fsp3) is 0.533. The van der Waals surface area contributed by atoms with Gasteiger partial charge < -0.3 is 10.6 Å². The lowest BCUT2D eigenvalue weighted by Gasteiger charge is -2.25. The van der Waals surface area contributed by atoms with E-state index in [1.54, 1.807) is 0 Å². The molecule has 0 aromatic heterocycles. The molecule has 4 heteroatoms. The predicted octanol–water partition coefficient (Wildman–Crippen LogP) is 2.39. The number of anilines is 1. The molecule has 3 nitrogen and oxygen atoms in total. The van der Waals surface area contributed by atoms with Crippen molar-refractivity contribution in [2.24, 2.45) is 11.8 Å². The third-order valence-corrected chi connectivity index (χ3v) is 4.37. The van der Waals surface area contributed by atoms with Gasteiger partial charge in [0, 0.05) is 18.8 Å². The number of hydrogen-bond acceptors (Lipinski definition) is 3. The summed E-state index contributed by atoms with van der Waals surface area (Å²) in [6.45, 7) is 3.68. The molecular formula is C15H22N2OS. The van der Waals surface area contributed by atoms with Gasteiger partial charge in [-0.3, -0.25) is 4.79 Å². The molecule has 2 N–H and O–H groups in total. The van der Waals surface area contributed by atoms with E-state index in [9.17, 15) is 4.79 Å². The second-order valence-electron chi connectivity index (χ2n) is 5.24. The normalized spacial score (nSPS) is 19.2. The summed E-state index contributed by atoms with van der Waals surface area (Å²) in [7, 11) is 0. The second-order valence-corrected chi connectivity index (χ2v) is 6.16. The Morgan fingerprint density at radius 1 is 1.53 bits per heavy atom. The highest BCUT2D eigenvalue weighted by Crippen LogP contribution is 2.24. The fourth-order valence-electron chi connectivity index (χ4n) is 2.39. The lowest BCUT2D eigenvalue weighted by atomic mass is 9.93. The Kier molecular flexibility index (Phi) is 5.14. The summed E-state index contributed by atoms with van der Waals surface area (Å²) in [4.78, 5) is 12.2. The first-order chi connectivity index (χ1) is 9.20. The average Bonchev–Trinajstić information content (AvgIpc) is 2.44. The van der Waals surface area contributed by atoms with Gasteiger partial charge in [-0.25, -0.2) is 0 Å². The van der Waals surface area contributed by atoms with Crippen LogP contribution in [0.2, 0.25) is 0 Å². The van der Waals surface area contributed by atoms with Gasteiger partial charge in [0.2, 0.25) is 5.91 Å². The van der Waals surface area contributed by atoms with E-state index < -0.39 is 0 Å². The Hall–Kier alpha value is -1.16. The number of nitrogens with one attached hydrogen (secondary N) is 2. The van der Waals surface area contributed by atoms with Gasteiger partial charge in [0.1, 0.15) is 0 Å². The largest absolute Gasteiger partial charge is 0.384 e. The molecule has 1 aliphatic rings. The quantitative estimate of drug-likeness (QED) is 0.869. The van der Waals surface area contributed by atoms with Crippen LogP contribution < -0.4 is 10.6 Å². The first-order valence-electron chi connectivity index (χ1n) is 6.79. The molecule has 0 spiro atoms. The molecule has 1 aromatic carbocycles. The Balaban J connectivity index is 1.85. The highest BCUT2D eigenvalue weighted by atomic mass is 32.2. The van der Waals surface area contributed by atoms with Crippen molar-refractivity contribution in [2.45, 2.75) is 13.3 Å². The minimum atomic E-state index is 0.0522. The highest BCUT2D eigenvalue weighted by molar-refractivity contribution is 7.98. The molecule has 2 unspecified atom stereocenters. The molecule has 1 amide bonds. The smallest absolute Gasteiger partial charge is 0.225 e. The molecule has 1 heterocycles. The number of amides is 1. The maximum Gasteiger partial charge on any atom is 0.225 e. The third kappa shape index (κ3) is 3.90. The van der Waals surface area contributed by atoms with Crippen molar-refractivity contribution < 1.29 is 4.79 Å². The Labute approximate surface area is 119 Å². The molecule has 2 atom stereocenters. The van der Waals surface area contributed by atoms with Gasteiger partial charge in [-0.2, -0.15) is 11.8 Å². The molecule has 2 rings (SSSR count). The zero-order valence-electron chi connectivity index (χ0n) is 11.6. The van der Waals surface area contributed by atoms with Crippen LogP contribution in [0.25, 0.3) is 0 Å². The highest BCUT2D eigenvalue weighted by Gasteiger charge is 2.24. The molecule has 19 heavy (non-hydrogen) atoms. The van der Waals surface area contributed by atoms with Gasteiger partial charge in [-0.1, -0.05) is 25.1 Å². The van der Waals surface area contributed by atoms with E-state index in [1.165, 1.54) is 11.3 Å². The lowest BCUT2D eigenvalue weighted by molar-refractivity contribution is -0.124. The Morgan fingerprint density at radius 2 is 2.32 bits per heavy atom. The van der Waals surface area contributed by atoms with E-state index in [-0.39, 0.29) is 11.8 Å². The maximum atomic E-state index is 12.2. The zero-order valence-corrected chi connectivity index (χ0v) is 12.4. The fourth-order valence-corrected chi connectivity index (χ4v) is 3.08. The predicted molar refractivity (Wildman–Crippen MR) is 82.7 cm³/mol. The van der Waals surface area contributed by atoms with Crippen LogP contribution in [0.15, 0.2) is 24.3 Å². The summed E-state index contributed by atoms with van der Waals surface area (Å²) < 4.78 is 0. The molecule has 0 aliphatic carbocycles. The number of carbonyl (C=O) groups is 1. The van der Waals surface area contributed by atoms with Crippen molar-refractivity contribution in [3.8, 4) is 0 Å². The topological polar surface area (TPSA) is 41.1 Å². The van der Waals surface area contributed by atoms with Gasteiger partial charge in [-0.15, -0.1) is 0 Å². The summed E-state index contributed by atoms with van der Waals surface area (Å²) in [6.07, 6.45) is 2.94. The number of benzene rings is 1. The van der Waals surface area contributed by atoms with Crippen molar-refractivity contribution in [3.05, 3.63) is 29.8 Å². The van der Waals surface area contributed by atoms with Crippen molar-refractivity contribution in [3.63, 3.8) is 0 Å². The number of carbonyl (C=O) groups excluding carboxylic acids is 1. The minimum Gasteiger partial charge on any atom is -0.384 e. The summed E-state index contributed by atoms with van der Waals surface area (Å²) in [5, 5.41) is 6.42. The number of thioether (sulfide) groups is 1. The van der Waals surface area contributed by atoms with Crippen molar-refractivity contribution in [1.29, 1.82) is 0 Å². The molecule has 1 aliphatic heterocycles. The number of fused-ring (bicyclic) bond motifs is 1. The number of para-hydroxylation sites is 1. The van der Waals surface area contributed by atoms with Crippen LogP contribution in [0.5, 0.6) is 0 Å². The Morgan fingerprint density at radius 3 is 3.11 bits per heavy atom. The Bertz CT molecular complexity index is 436. The van der Waals surface area contributed by atoms with E-state index in [0.717, 1.165) is 25.3 Å². The van der Waals surface area contributed by atoms with E-state index in [2.05, 4.69) is 35.9 Å².